The van der Waals surface area contributed by atoms with Crippen molar-refractivity contribution in [3.63, 3.8) is 0 Å². The van der Waals surface area contributed by atoms with E-state index >= 15 is 0 Å². The maximum atomic E-state index is 5.48. The summed E-state index contributed by atoms with van der Waals surface area (Å²) < 4.78 is 11.0. The van der Waals surface area contributed by atoms with Gasteiger partial charge in [-0.05, 0) is 17.2 Å². The molecule has 0 fully saturated rings. The molecule has 0 saturated heterocycles. The third-order valence-corrected chi connectivity index (χ3v) is 5.54. The molecule has 0 N–H and O–H groups in total. The lowest BCUT2D eigenvalue weighted by molar-refractivity contribution is 0.291. The first kappa shape index (κ1) is 15.8. The summed E-state index contributed by atoms with van der Waals surface area (Å²) in [7, 11) is 1.71. The highest BCUT2D eigenvalue weighted by Crippen LogP contribution is 2.25. The molecule has 4 heteroatoms. The van der Waals surface area contributed by atoms with Crippen LogP contribution < -0.4 is 5.19 Å². The van der Waals surface area contributed by atoms with Gasteiger partial charge in [-0.2, -0.15) is 12.6 Å². The first-order chi connectivity index (χ1) is 8.74. The summed E-state index contributed by atoms with van der Waals surface area (Å²) in [5.74, 6) is 0. The molecule has 18 heavy (non-hydrogen) atoms. The van der Waals surface area contributed by atoms with E-state index in [1.807, 2.05) is 6.07 Å². The summed E-state index contributed by atoms with van der Waals surface area (Å²) in [4.78, 5) is 0. The van der Waals surface area contributed by atoms with Crippen molar-refractivity contribution in [3.8, 4) is 0 Å². The minimum absolute atomic E-state index is 0.285. The van der Waals surface area contributed by atoms with Crippen LogP contribution in [0.2, 0.25) is 0 Å². The van der Waals surface area contributed by atoms with Gasteiger partial charge in [0.15, 0.2) is 0 Å². The fraction of sp³-hybridized carbons (Fsp3) is 0.571. The van der Waals surface area contributed by atoms with Crippen molar-refractivity contribution in [3.05, 3.63) is 29.8 Å². The Morgan fingerprint density at radius 1 is 1.17 bits per heavy atom. The SMILES string of the molecule is CCCCCC(S)c1ccccc1[SiH](OC)OC. The summed E-state index contributed by atoms with van der Waals surface area (Å²) in [5, 5.41) is 1.51. The Hall–Kier alpha value is -0.293. The molecule has 1 atom stereocenters. The molecule has 0 radical (unpaired) electrons. The fourth-order valence-corrected chi connectivity index (χ4v) is 4.22. The first-order valence-electron chi connectivity index (χ1n) is 6.57. The third-order valence-electron chi connectivity index (χ3n) is 3.12. The Bertz CT molecular complexity index is 342. The van der Waals surface area contributed by atoms with E-state index in [0.717, 1.165) is 6.42 Å². The van der Waals surface area contributed by atoms with Crippen LogP contribution in [0, 0.1) is 0 Å². The van der Waals surface area contributed by atoms with E-state index in [2.05, 4.69) is 25.1 Å². The predicted octanol–water partition coefficient (Wildman–Crippen LogP) is 2.96. The minimum atomic E-state index is -1.74. The van der Waals surface area contributed by atoms with Crippen LogP contribution in [0.5, 0.6) is 0 Å². The van der Waals surface area contributed by atoms with E-state index in [0.29, 0.717) is 0 Å². The number of benzene rings is 1. The molecule has 1 rings (SSSR count). The summed E-state index contributed by atoms with van der Waals surface area (Å²) in [5.41, 5.74) is 1.28. The number of hydrogen-bond donors (Lipinski definition) is 1. The second-order valence-corrected chi connectivity index (χ2v) is 7.30. The number of thiol groups is 1. The van der Waals surface area contributed by atoms with Crippen LogP contribution in [-0.2, 0) is 8.85 Å². The standard InChI is InChI=1S/C14H24O2SSi/c1-4-5-6-10-13(17)12-9-7-8-11-14(12)18(15-2)16-3/h7-9,11,13,17-18H,4-6,10H2,1-3H3. The van der Waals surface area contributed by atoms with E-state index < -0.39 is 9.28 Å². The maximum Gasteiger partial charge on any atom is 0.355 e. The second kappa shape index (κ2) is 8.75. The molecule has 1 aromatic carbocycles. The summed E-state index contributed by atoms with van der Waals surface area (Å²) >= 11 is 4.75. The van der Waals surface area contributed by atoms with Crippen LogP contribution in [0.25, 0.3) is 0 Å². The van der Waals surface area contributed by atoms with Crippen molar-refractivity contribution in [2.45, 2.75) is 37.9 Å². The van der Waals surface area contributed by atoms with Gasteiger partial charge >= 0.3 is 9.28 Å². The predicted molar refractivity (Wildman–Crippen MR) is 83.1 cm³/mol. The molecule has 0 saturated carbocycles. The molecular formula is C14H24O2SSi. The smallest absolute Gasteiger partial charge is 0.355 e. The van der Waals surface area contributed by atoms with Gasteiger partial charge in [0.2, 0.25) is 0 Å². The Kier molecular flexibility index (Phi) is 7.66. The van der Waals surface area contributed by atoms with Crippen LogP contribution in [0.15, 0.2) is 24.3 Å². The molecule has 0 aliphatic heterocycles. The monoisotopic (exact) mass is 284 g/mol. The van der Waals surface area contributed by atoms with Crippen molar-refractivity contribution < 1.29 is 8.85 Å². The molecule has 2 nitrogen and oxygen atoms in total. The van der Waals surface area contributed by atoms with Crippen LogP contribution >= 0.6 is 12.6 Å². The Balaban J connectivity index is 2.80. The Labute approximate surface area is 118 Å². The van der Waals surface area contributed by atoms with Gasteiger partial charge in [0.05, 0.1) is 0 Å². The van der Waals surface area contributed by atoms with Crippen molar-refractivity contribution in [2.75, 3.05) is 14.2 Å². The van der Waals surface area contributed by atoms with Crippen LogP contribution in [0.3, 0.4) is 0 Å². The third kappa shape index (κ3) is 4.43. The number of unbranched alkanes of at least 4 members (excludes halogenated alkanes) is 2. The highest BCUT2D eigenvalue weighted by atomic mass is 32.1. The van der Waals surface area contributed by atoms with Crippen molar-refractivity contribution in [1.82, 2.24) is 0 Å². The Morgan fingerprint density at radius 2 is 1.83 bits per heavy atom. The minimum Gasteiger partial charge on any atom is -0.397 e. The molecule has 0 aliphatic rings. The lowest BCUT2D eigenvalue weighted by Crippen LogP contribution is -2.37. The molecular weight excluding hydrogens is 260 g/mol. The zero-order valence-electron chi connectivity index (χ0n) is 11.6. The summed E-state index contributed by atoms with van der Waals surface area (Å²) in [6, 6.07) is 8.38. The van der Waals surface area contributed by atoms with Gasteiger partial charge in [-0.1, -0.05) is 50.5 Å². The lowest BCUT2D eigenvalue weighted by atomic mass is 10.1. The van der Waals surface area contributed by atoms with E-state index in [1.54, 1.807) is 14.2 Å². The largest absolute Gasteiger partial charge is 0.397 e. The van der Waals surface area contributed by atoms with Crippen molar-refractivity contribution in [2.24, 2.45) is 0 Å². The van der Waals surface area contributed by atoms with Gasteiger partial charge in [0.25, 0.3) is 0 Å². The highest BCUT2D eigenvalue weighted by Gasteiger charge is 2.20. The number of hydrogen-bond acceptors (Lipinski definition) is 3. The lowest BCUT2D eigenvalue weighted by Gasteiger charge is -2.19. The van der Waals surface area contributed by atoms with E-state index in [4.69, 9.17) is 21.5 Å². The zero-order valence-corrected chi connectivity index (χ0v) is 13.6. The van der Waals surface area contributed by atoms with Crippen molar-refractivity contribution >= 4 is 27.1 Å². The van der Waals surface area contributed by atoms with Crippen LogP contribution in [0.1, 0.15) is 43.4 Å². The summed E-state index contributed by atoms with van der Waals surface area (Å²) in [6.07, 6.45) is 4.86. The average Bonchev–Trinajstić information content (AvgIpc) is 2.41. The van der Waals surface area contributed by atoms with E-state index in [-0.39, 0.29) is 5.25 Å². The van der Waals surface area contributed by atoms with Crippen LogP contribution in [-0.4, -0.2) is 23.5 Å². The van der Waals surface area contributed by atoms with E-state index in [1.165, 1.54) is 30.0 Å². The number of rotatable bonds is 8. The first-order valence-corrected chi connectivity index (χ1v) is 8.60. The molecule has 0 aliphatic carbocycles. The maximum absolute atomic E-state index is 5.48. The quantitative estimate of drug-likeness (QED) is 0.449. The average molecular weight is 284 g/mol. The van der Waals surface area contributed by atoms with Gasteiger partial charge in [-0.15, -0.1) is 0 Å². The molecule has 0 amide bonds. The normalized spacial score (nSPS) is 12.9. The highest BCUT2D eigenvalue weighted by molar-refractivity contribution is 7.80. The van der Waals surface area contributed by atoms with Gasteiger partial charge in [-0.3, -0.25) is 0 Å². The van der Waals surface area contributed by atoms with Gasteiger partial charge in [0, 0.05) is 19.5 Å². The molecule has 0 aromatic heterocycles. The molecule has 1 aromatic rings. The van der Waals surface area contributed by atoms with Crippen LogP contribution in [0.4, 0.5) is 0 Å². The topological polar surface area (TPSA) is 18.5 Å². The Morgan fingerprint density at radius 3 is 2.44 bits per heavy atom. The van der Waals surface area contributed by atoms with Gasteiger partial charge in [0.1, 0.15) is 0 Å². The van der Waals surface area contributed by atoms with Gasteiger partial charge in [-0.25, -0.2) is 0 Å². The van der Waals surface area contributed by atoms with Gasteiger partial charge < -0.3 is 8.85 Å². The second-order valence-electron chi connectivity index (χ2n) is 4.44. The fourth-order valence-electron chi connectivity index (χ4n) is 2.12. The molecule has 0 heterocycles. The van der Waals surface area contributed by atoms with E-state index in [9.17, 15) is 0 Å². The molecule has 0 bridgehead atoms. The molecule has 102 valence electrons. The molecule has 1 unspecified atom stereocenters. The summed E-state index contributed by atoms with van der Waals surface area (Å²) in [6.45, 7) is 2.22. The zero-order chi connectivity index (χ0) is 13.4. The molecule has 0 spiro atoms. The van der Waals surface area contributed by atoms with Crippen molar-refractivity contribution in [1.29, 1.82) is 0 Å².